The van der Waals surface area contributed by atoms with E-state index in [0.29, 0.717) is 10.6 Å². The van der Waals surface area contributed by atoms with Crippen LogP contribution in [-0.4, -0.2) is 28.8 Å². The molecule has 2 aromatic carbocycles. The third-order valence-corrected chi connectivity index (χ3v) is 5.09. The van der Waals surface area contributed by atoms with Gasteiger partial charge in [-0.05, 0) is 67.8 Å². The molecule has 1 N–H and O–H groups in total. The van der Waals surface area contributed by atoms with Crippen molar-refractivity contribution in [3.8, 4) is 5.69 Å². The molecular formula is C21H21ClN4O. The van der Waals surface area contributed by atoms with E-state index >= 15 is 0 Å². The molecule has 4 rings (SSSR count). The third kappa shape index (κ3) is 3.83. The monoisotopic (exact) mass is 380 g/mol. The number of hydrogen-bond donors (Lipinski definition) is 1. The maximum absolute atomic E-state index is 12.6. The second-order valence-electron chi connectivity index (χ2n) is 6.80. The van der Waals surface area contributed by atoms with E-state index in [9.17, 15) is 4.79 Å². The van der Waals surface area contributed by atoms with Crippen molar-refractivity contribution in [2.24, 2.45) is 0 Å². The number of rotatable bonds is 4. The van der Waals surface area contributed by atoms with E-state index in [2.05, 4.69) is 28.3 Å². The summed E-state index contributed by atoms with van der Waals surface area (Å²) in [5.41, 5.74) is 4.57. The Morgan fingerprint density at radius 3 is 2.56 bits per heavy atom. The first kappa shape index (κ1) is 17.6. The number of carbonyl (C=O) groups is 1. The van der Waals surface area contributed by atoms with Crippen LogP contribution in [0, 0.1) is 6.92 Å². The first-order chi connectivity index (χ1) is 13.1. The molecule has 0 atom stereocenters. The molecule has 1 saturated heterocycles. The molecule has 0 aliphatic carbocycles. The third-order valence-electron chi connectivity index (χ3n) is 4.84. The van der Waals surface area contributed by atoms with E-state index in [1.54, 1.807) is 29.2 Å². The summed E-state index contributed by atoms with van der Waals surface area (Å²) in [5, 5.41) is 7.89. The predicted molar refractivity (Wildman–Crippen MR) is 109 cm³/mol. The van der Waals surface area contributed by atoms with Crippen molar-refractivity contribution in [2.75, 3.05) is 23.3 Å². The number of anilines is 2. The zero-order valence-electron chi connectivity index (χ0n) is 15.2. The number of aryl methyl sites for hydroxylation is 1. The standard InChI is InChI=1S/C21H21ClN4O/c1-15-12-18(6-9-20(15)25-10-2-3-11-25)24-21(27)16-13-23-26(14-16)19-7-4-17(22)5-8-19/h4-9,12-14H,2-3,10-11H2,1H3,(H,24,27). The van der Waals surface area contributed by atoms with Gasteiger partial charge in [0.2, 0.25) is 0 Å². The van der Waals surface area contributed by atoms with Crippen molar-refractivity contribution in [3.05, 3.63) is 71.0 Å². The van der Waals surface area contributed by atoms with Gasteiger partial charge in [-0.1, -0.05) is 11.6 Å². The van der Waals surface area contributed by atoms with Crippen LogP contribution in [0.1, 0.15) is 28.8 Å². The lowest BCUT2D eigenvalue weighted by Crippen LogP contribution is -2.19. The SMILES string of the molecule is Cc1cc(NC(=O)c2cnn(-c3ccc(Cl)cc3)c2)ccc1N1CCCC1. The number of benzene rings is 2. The van der Waals surface area contributed by atoms with Gasteiger partial charge in [-0.2, -0.15) is 5.10 Å². The fourth-order valence-electron chi connectivity index (χ4n) is 3.42. The molecular weight excluding hydrogens is 360 g/mol. The minimum absolute atomic E-state index is 0.177. The van der Waals surface area contributed by atoms with Crippen molar-refractivity contribution in [1.82, 2.24) is 9.78 Å². The molecule has 5 nitrogen and oxygen atoms in total. The second-order valence-corrected chi connectivity index (χ2v) is 7.24. The largest absolute Gasteiger partial charge is 0.371 e. The van der Waals surface area contributed by atoms with E-state index in [1.165, 1.54) is 24.1 Å². The minimum atomic E-state index is -0.177. The Labute approximate surface area is 163 Å². The number of aromatic nitrogens is 2. The van der Waals surface area contributed by atoms with Crippen molar-refractivity contribution in [1.29, 1.82) is 0 Å². The average Bonchev–Trinajstić information content (AvgIpc) is 3.35. The first-order valence-electron chi connectivity index (χ1n) is 9.08. The van der Waals surface area contributed by atoms with E-state index in [-0.39, 0.29) is 5.91 Å². The number of halogens is 1. The minimum Gasteiger partial charge on any atom is -0.371 e. The van der Waals surface area contributed by atoms with Gasteiger partial charge in [0.1, 0.15) is 0 Å². The highest BCUT2D eigenvalue weighted by atomic mass is 35.5. The van der Waals surface area contributed by atoms with Crippen molar-refractivity contribution in [2.45, 2.75) is 19.8 Å². The van der Waals surface area contributed by atoms with E-state index in [4.69, 9.17) is 11.6 Å². The summed E-state index contributed by atoms with van der Waals surface area (Å²) in [4.78, 5) is 15.0. The maximum atomic E-state index is 12.6. The van der Waals surface area contributed by atoms with Crippen LogP contribution in [0.4, 0.5) is 11.4 Å². The van der Waals surface area contributed by atoms with E-state index in [0.717, 1.165) is 24.5 Å². The Morgan fingerprint density at radius 1 is 1.11 bits per heavy atom. The molecule has 3 aromatic rings. The quantitative estimate of drug-likeness (QED) is 0.714. The fraction of sp³-hybridized carbons (Fsp3) is 0.238. The molecule has 1 amide bonds. The Hall–Kier alpha value is -2.79. The van der Waals surface area contributed by atoms with Crippen LogP contribution in [0.15, 0.2) is 54.9 Å². The normalized spacial score (nSPS) is 13.8. The molecule has 1 aliphatic rings. The van der Waals surface area contributed by atoms with Crippen LogP contribution in [0.25, 0.3) is 5.69 Å². The summed E-state index contributed by atoms with van der Waals surface area (Å²) >= 11 is 5.91. The van der Waals surface area contributed by atoms with Crippen LogP contribution < -0.4 is 10.2 Å². The topological polar surface area (TPSA) is 50.2 Å². The number of hydrogen-bond acceptors (Lipinski definition) is 3. The zero-order valence-corrected chi connectivity index (χ0v) is 15.9. The van der Waals surface area contributed by atoms with Gasteiger partial charge in [-0.15, -0.1) is 0 Å². The van der Waals surface area contributed by atoms with E-state index in [1.807, 2.05) is 24.3 Å². The fourth-order valence-corrected chi connectivity index (χ4v) is 3.55. The van der Waals surface area contributed by atoms with Crippen LogP contribution in [0.2, 0.25) is 5.02 Å². The Morgan fingerprint density at radius 2 is 1.85 bits per heavy atom. The van der Waals surface area contributed by atoms with Gasteiger partial charge in [0.05, 0.1) is 17.4 Å². The van der Waals surface area contributed by atoms with Gasteiger partial charge >= 0.3 is 0 Å². The smallest absolute Gasteiger partial charge is 0.258 e. The summed E-state index contributed by atoms with van der Waals surface area (Å²) in [6.07, 6.45) is 5.77. The van der Waals surface area contributed by atoms with Crippen LogP contribution >= 0.6 is 11.6 Å². The lowest BCUT2D eigenvalue weighted by atomic mass is 10.1. The highest BCUT2D eigenvalue weighted by Crippen LogP contribution is 2.27. The maximum Gasteiger partial charge on any atom is 0.258 e. The number of carbonyl (C=O) groups excluding carboxylic acids is 1. The van der Waals surface area contributed by atoms with Gasteiger partial charge in [0.15, 0.2) is 0 Å². The summed E-state index contributed by atoms with van der Waals surface area (Å²) in [5.74, 6) is -0.177. The molecule has 0 radical (unpaired) electrons. The molecule has 0 unspecified atom stereocenters. The number of amides is 1. The Balaban J connectivity index is 1.47. The van der Waals surface area contributed by atoms with Gasteiger partial charge in [0, 0.05) is 35.7 Å². The highest BCUT2D eigenvalue weighted by molar-refractivity contribution is 6.30. The molecule has 0 bridgehead atoms. The van der Waals surface area contributed by atoms with Crippen LogP contribution in [-0.2, 0) is 0 Å². The molecule has 0 spiro atoms. The predicted octanol–water partition coefficient (Wildman–Crippen LogP) is 4.69. The molecule has 2 heterocycles. The zero-order chi connectivity index (χ0) is 18.8. The lowest BCUT2D eigenvalue weighted by molar-refractivity contribution is 0.102. The molecule has 1 fully saturated rings. The van der Waals surface area contributed by atoms with Crippen molar-refractivity contribution >= 4 is 28.9 Å². The first-order valence-corrected chi connectivity index (χ1v) is 9.45. The second kappa shape index (κ2) is 7.45. The molecule has 1 aromatic heterocycles. The van der Waals surface area contributed by atoms with Gasteiger partial charge < -0.3 is 10.2 Å². The molecule has 138 valence electrons. The van der Waals surface area contributed by atoms with Crippen molar-refractivity contribution < 1.29 is 4.79 Å². The number of nitrogens with zero attached hydrogens (tertiary/aromatic N) is 3. The van der Waals surface area contributed by atoms with Gasteiger partial charge in [0.25, 0.3) is 5.91 Å². The van der Waals surface area contributed by atoms with Gasteiger partial charge in [-0.3, -0.25) is 4.79 Å². The summed E-state index contributed by atoms with van der Waals surface area (Å²) in [6, 6.07) is 13.4. The Bertz CT molecular complexity index is 959. The summed E-state index contributed by atoms with van der Waals surface area (Å²) in [6.45, 7) is 4.30. The van der Waals surface area contributed by atoms with Crippen LogP contribution in [0.3, 0.4) is 0 Å². The van der Waals surface area contributed by atoms with Crippen molar-refractivity contribution in [3.63, 3.8) is 0 Å². The molecule has 0 saturated carbocycles. The van der Waals surface area contributed by atoms with Crippen LogP contribution in [0.5, 0.6) is 0 Å². The highest BCUT2D eigenvalue weighted by Gasteiger charge is 2.15. The summed E-state index contributed by atoms with van der Waals surface area (Å²) < 4.78 is 1.66. The average molecular weight is 381 g/mol. The molecule has 1 aliphatic heterocycles. The van der Waals surface area contributed by atoms with Gasteiger partial charge in [-0.25, -0.2) is 4.68 Å². The summed E-state index contributed by atoms with van der Waals surface area (Å²) in [7, 11) is 0. The molecule has 6 heteroatoms. The Kier molecular flexibility index (Phi) is 4.86. The number of nitrogens with one attached hydrogen (secondary N) is 1. The van der Waals surface area contributed by atoms with E-state index < -0.39 is 0 Å². The molecule has 27 heavy (non-hydrogen) atoms. The lowest BCUT2D eigenvalue weighted by Gasteiger charge is -2.20.